The van der Waals surface area contributed by atoms with Gasteiger partial charge in [0.05, 0.1) is 18.8 Å². The molecule has 0 saturated carbocycles. The number of aromatic hydroxyl groups is 1. The van der Waals surface area contributed by atoms with Gasteiger partial charge in [-0.15, -0.1) is 0 Å². The molecule has 0 radical (unpaired) electrons. The molecule has 5 N–H and O–H groups in total. The number of aliphatic hydroxyl groups is 1. The van der Waals surface area contributed by atoms with Gasteiger partial charge < -0.3 is 30.7 Å². The van der Waals surface area contributed by atoms with Crippen LogP contribution >= 0.6 is 0 Å². The van der Waals surface area contributed by atoms with Gasteiger partial charge >= 0.3 is 0 Å². The number of amides is 1. The van der Waals surface area contributed by atoms with Crippen molar-refractivity contribution in [1.82, 2.24) is 5.32 Å². The Bertz CT molecular complexity index is 751. The maximum Gasteiger partial charge on any atom is 0.252 e. The Hall–Kier alpha value is -2.77. The van der Waals surface area contributed by atoms with Crippen LogP contribution in [0.25, 0.3) is 0 Å². The van der Waals surface area contributed by atoms with E-state index in [2.05, 4.69) is 5.32 Å². The average Bonchev–Trinajstić information content (AvgIpc) is 2.67. The molecule has 0 bridgehead atoms. The summed E-state index contributed by atoms with van der Waals surface area (Å²) in [7, 11) is 1.64. The largest absolute Gasteiger partial charge is 0.507 e. The number of aryl methyl sites for hydroxylation is 1. The normalized spacial score (nSPS) is 11.8. The van der Waals surface area contributed by atoms with Crippen molar-refractivity contribution in [3.05, 3.63) is 53.6 Å². The minimum Gasteiger partial charge on any atom is -0.507 e. The topological polar surface area (TPSA) is 114 Å². The van der Waals surface area contributed by atoms with Crippen molar-refractivity contribution >= 4 is 5.91 Å². The van der Waals surface area contributed by atoms with Crippen molar-refractivity contribution in [2.75, 3.05) is 26.8 Å². The maximum absolute atomic E-state index is 11.2. The second-order valence-corrected chi connectivity index (χ2v) is 6.10. The summed E-state index contributed by atoms with van der Waals surface area (Å²) in [5, 5.41) is 22.8. The zero-order valence-electron chi connectivity index (χ0n) is 15.4. The van der Waals surface area contributed by atoms with Crippen molar-refractivity contribution in [1.29, 1.82) is 0 Å². The third-order valence-corrected chi connectivity index (χ3v) is 4.10. The van der Waals surface area contributed by atoms with Gasteiger partial charge in [-0.3, -0.25) is 4.79 Å². The van der Waals surface area contributed by atoms with Gasteiger partial charge in [-0.05, 0) is 42.7 Å². The summed E-state index contributed by atoms with van der Waals surface area (Å²) in [6.45, 7) is 1.32. The molecule has 0 fully saturated rings. The predicted octanol–water partition coefficient (Wildman–Crippen LogP) is 1.46. The highest BCUT2D eigenvalue weighted by Gasteiger charge is 2.09. The van der Waals surface area contributed by atoms with Crippen LogP contribution in [-0.2, 0) is 6.42 Å². The average molecular weight is 374 g/mol. The summed E-state index contributed by atoms with van der Waals surface area (Å²) in [6, 6.07) is 12.1. The predicted molar refractivity (Wildman–Crippen MR) is 102 cm³/mol. The zero-order chi connectivity index (χ0) is 19.6. The van der Waals surface area contributed by atoms with Gasteiger partial charge in [0.15, 0.2) is 0 Å². The number of ether oxygens (including phenoxy) is 2. The van der Waals surface area contributed by atoms with Gasteiger partial charge in [0.2, 0.25) is 0 Å². The number of primary amides is 1. The maximum atomic E-state index is 11.2. The first kappa shape index (κ1) is 20.5. The number of para-hydroxylation sites is 1. The second kappa shape index (κ2) is 10.4. The van der Waals surface area contributed by atoms with E-state index in [1.54, 1.807) is 13.2 Å². The minimum absolute atomic E-state index is 0.0206. The molecule has 0 spiro atoms. The Morgan fingerprint density at radius 2 is 2.04 bits per heavy atom. The smallest absolute Gasteiger partial charge is 0.252 e. The third-order valence-electron chi connectivity index (χ3n) is 4.10. The van der Waals surface area contributed by atoms with E-state index in [9.17, 15) is 15.0 Å². The summed E-state index contributed by atoms with van der Waals surface area (Å²) in [5.74, 6) is 0.385. The van der Waals surface area contributed by atoms with Crippen molar-refractivity contribution in [2.24, 2.45) is 5.73 Å². The minimum atomic E-state index is -0.714. The quantitative estimate of drug-likeness (QED) is 0.443. The molecule has 0 aliphatic carbocycles. The fourth-order valence-electron chi connectivity index (χ4n) is 2.65. The summed E-state index contributed by atoms with van der Waals surface area (Å²) in [6.07, 6.45) is 0.867. The lowest BCUT2D eigenvalue weighted by atomic mass is 10.1. The van der Waals surface area contributed by atoms with Gasteiger partial charge in [-0.1, -0.05) is 18.2 Å². The van der Waals surface area contributed by atoms with Crippen LogP contribution in [0.4, 0.5) is 0 Å². The number of nitrogens with one attached hydrogen (secondary N) is 1. The lowest BCUT2D eigenvalue weighted by Crippen LogP contribution is -2.30. The Kier molecular flexibility index (Phi) is 7.91. The van der Waals surface area contributed by atoms with Gasteiger partial charge in [0, 0.05) is 13.1 Å². The summed E-state index contributed by atoms with van der Waals surface area (Å²) >= 11 is 0. The third kappa shape index (κ3) is 6.47. The molecular weight excluding hydrogens is 348 g/mol. The summed E-state index contributed by atoms with van der Waals surface area (Å²) in [4.78, 5) is 11.2. The number of nitrogens with two attached hydrogens (primary N) is 1. The molecule has 1 amide bonds. The van der Waals surface area contributed by atoms with Crippen molar-refractivity contribution < 1.29 is 24.5 Å². The van der Waals surface area contributed by atoms with E-state index in [0.717, 1.165) is 17.7 Å². The molecule has 1 unspecified atom stereocenters. The molecule has 27 heavy (non-hydrogen) atoms. The number of carbonyl (C=O) groups excluding carboxylic acids is 1. The van der Waals surface area contributed by atoms with Crippen molar-refractivity contribution in [2.45, 2.75) is 18.9 Å². The van der Waals surface area contributed by atoms with Crippen molar-refractivity contribution in [3.8, 4) is 17.2 Å². The molecule has 1 atom stereocenters. The molecule has 7 heteroatoms. The van der Waals surface area contributed by atoms with Gasteiger partial charge in [-0.2, -0.15) is 0 Å². The molecule has 0 aliphatic heterocycles. The first-order chi connectivity index (χ1) is 13.0. The summed E-state index contributed by atoms with van der Waals surface area (Å²) in [5.41, 5.74) is 6.27. The highest BCUT2D eigenvalue weighted by molar-refractivity contribution is 5.95. The zero-order valence-corrected chi connectivity index (χ0v) is 15.4. The van der Waals surface area contributed by atoms with Gasteiger partial charge in [0.1, 0.15) is 23.9 Å². The van der Waals surface area contributed by atoms with E-state index in [4.69, 9.17) is 15.2 Å². The van der Waals surface area contributed by atoms with Crippen LogP contribution in [0.15, 0.2) is 42.5 Å². The monoisotopic (exact) mass is 374 g/mol. The fourth-order valence-corrected chi connectivity index (χ4v) is 2.65. The van der Waals surface area contributed by atoms with Crippen LogP contribution in [0.5, 0.6) is 17.2 Å². The van der Waals surface area contributed by atoms with Crippen LogP contribution in [0.3, 0.4) is 0 Å². The Balaban J connectivity index is 1.66. The molecule has 146 valence electrons. The SMILES string of the molecule is COc1ccccc1CCC(O)CNCCOc1ccc(O)c(C(N)=O)c1. The van der Waals surface area contributed by atoms with Gasteiger partial charge in [-0.25, -0.2) is 0 Å². The molecule has 2 aromatic rings. The van der Waals surface area contributed by atoms with E-state index in [0.29, 0.717) is 31.9 Å². The highest BCUT2D eigenvalue weighted by Crippen LogP contribution is 2.22. The standard InChI is InChI=1S/C20H26N2O5/c1-26-19-5-3-2-4-14(19)6-7-15(23)13-22-10-11-27-16-8-9-18(24)17(12-16)20(21)25/h2-5,8-9,12,15,22-24H,6-7,10-11,13H2,1H3,(H2,21,25). The first-order valence-corrected chi connectivity index (χ1v) is 8.77. The Morgan fingerprint density at radius 3 is 2.78 bits per heavy atom. The molecule has 2 rings (SSSR count). The number of aliphatic hydroxyl groups excluding tert-OH is 1. The number of phenols is 1. The molecule has 2 aromatic carbocycles. The number of benzene rings is 2. The van der Waals surface area contributed by atoms with E-state index in [1.807, 2.05) is 24.3 Å². The number of hydrogen-bond donors (Lipinski definition) is 4. The lowest BCUT2D eigenvalue weighted by Gasteiger charge is -2.14. The highest BCUT2D eigenvalue weighted by atomic mass is 16.5. The van der Waals surface area contributed by atoms with Crippen LogP contribution in [-0.4, -0.2) is 49.0 Å². The number of hydrogen-bond acceptors (Lipinski definition) is 6. The van der Waals surface area contributed by atoms with E-state index in [1.165, 1.54) is 12.1 Å². The molecular formula is C20H26N2O5. The summed E-state index contributed by atoms with van der Waals surface area (Å²) < 4.78 is 10.8. The number of carbonyl (C=O) groups is 1. The molecule has 0 saturated heterocycles. The van der Waals surface area contributed by atoms with Gasteiger partial charge in [0.25, 0.3) is 5.91 Å². The number of rotatable bonds is 11. The Morgan fingerprint density at radius 1 is 1.26 bits per heavy atom. The fraction of sp³-hybridized carbons (Fsp3) is 0.350. The lowest BCUT2D eigenvalue weighted by molar-refractivity contribution is 0.0997. The van der Waals surface area contributed by atoms with E-state index < -0.39 is 12.0 Å². The van der Waals surface area contributed by atoms with Crippen LogP contribution in [0.1, 0.15) is 22.3 Å². The first-order valence-electron chi connectivity index (χ1n) is 8.77. The van der Waals surface area contributed by atoms with E-state index >= 15 is 0 Å². The molecule has 0 aliphatic rings. The van der Waals surface area contributed by atoms with E-state index in [-0.39, 0.29) is 11.3 Å². The molecule has 0 aromatic heterocycles. The molecule has 0 heterocycles. The Labute approximate surface area is 158 Å². The van der Waals surface area contributed by atoms with Crippen molar-refractivity contribution in [3.63, 3.8) is 0 Å². The molecule has 7 nitrogen and oxygen atoms in total. The van der Waals surface area contributed by atoms with Crippen LogP contribution in [0.2, 0.25) is 0 Å². The number of methoxy groups -OCH3 is 1. The van der Waals surface area contributed by atoms with Crippen LogP contribution < -0.4 is 20.5 Å². The van der Waals surface area contributed by atoms with Crippen LogP contribution in [0, 0.1) is 0 Å². The second-order valence-electron chi connectivity index (χ2n) is 6.10.